The maximum absolute atomic E-state index is 11.6. The van der Waals surface area contributed by atoms with Crippen molar-refractivity contribution >= 4 is 46.0 Å². The van der Waals surface area contributed by atoms with Crippen LogP contribution < -0.4 is 5.73 Å². The maximum atomic E-state index is 11.6. The number of carbonyl (C=O) groups is 1. The van der Waals surface area contributed by atoms with E-state index in [1.54, 1.807) is 30.8 Å². The lowest BCUT2D eigenvalue weighted by molar-refractivity contribution is 0.0526. The van der Waals surface area contributed by atoms with Gasteiger partial charge in [-0.3, -0.25) is 0 Å². The Morgan fingerprint density at radius 2 is 1.85 bits per heavy atom. The Labute approximate surface area is 136 Å². The van der Waals surface area contributed by atoms with Gasteiger partial charge in [0.15, 0.2) is 0 Å². The first-order chi connectivity index (χ1) is 9.60. The van der Waals surface area contributed by atoms with Crippen LogP contribution in [0.15, 0.2) is 52.3 Å². The summed E-state index contributed by atoms with van der Waals surface area (Å²) in [6.07, 6.45) is 0. The summed E-state index contributed by atoms with van der Waals surface area (Å²) in [6.45, 7) is 2.18. The molecule has 0 spiro atoms. The summed E-state index contributed by atoms with van der Waals surface area (Å²) in [5.74, 6) is -0.286. The molecule has 2 aromatic carbocycles. The molecule has 2 aromatic rings. The molecular weight excluding hydrogens is 385 g/mol. The summed E-state index contributed by atoms with van der Waals surface area (Å²) in [5, 5.41) is 0. The van der Waals surface area contributed by atoms with Crippen molar-refractivity contribution in [1.29, 1.82) is 0 Å². The summed E-state index contributed by atoms with van der Waals surface area (Å²) in [6, 6.07) is 13.3. The normalized spacial score (nSPS) is 10.3. The zero-order valence-corrected chi connectivity index (χ0v) is 13.9. The summed E-state index contributed by atoms with van der Waals surface area (Å²) < 4.78 is 5.99. The van der Waals surface area contributed by atoms with E-state index >= 15 is 0 Å². The van der Waals surface area contributed by atoms with E-state index < -0.39 is 0 Å². The van der Waals surface area contributed by atoms with Crippen LogP contribution in [0.3, 0.4) is 0 Å². The minimum absolute atomic E-state index is 0.286. The van der Waals surface area contributed by atoms with Crippen LogP contribution in [0.5, 0.6) is 0 Å². The highest BCUT2D eigenvalue weighted by Crippen LogP contribution is 2.30. The highest BCUT2D eigenvalue weighted by molar-refractivity contribution is 14.1. The molecule has 20 heavy (non-hydrogen) atoms. The van der Waals surface area contributed by atoms with Gasteiger partial charge in [-0.15, -0.1) is 0 Å². The zero-order chi connectivity index (χ0) is 14.5. The maximum Gasteiger partial charge on any atom is 0.338 e. The predicted molar refractivity (Wildman–Crippen MR) is 90.1 cm³/mol. The summed E-state index contributed by atoms with van der Waals surface area (Å²) in [4.78, 5) is 13.7. The molecule has 0 unspecified atom stereocenters. The Hall–Kier alpha value is -1.21. The molecule has 0 aromatic heterocycles. The van der Waals surface area contributed by atoms with Gasteiger partial charge in [0.25, 0.3) is 0 Å². The van der Waals surface area contributed by atoms with E-state index in [2.05, 4.69) is 22.6 Å². The number of rotatable bonds is 4. The summed E-state index contributed by atoms with van der Waals surface area (Å²) >= 11 is 3.85. The molecule has 0 aliphatic rings. The van der Waals surface area contributed by atoms with E-state index in [0.29, 0.717) is 12.2 Å². The molecule has 0 heterocycles. The third-order valence-electron chi connectivity index (χ3n) is 2.57. The fourth-order valence-electron chi connectivity index (χ4n) is 1.58. The molecule has 2 N–H and O–H groups in total. The number of halogens is 1. The smallest absolute Gasteiger partial charge is 0.338 e. The van der Waals surface area contributed by atoms with Crippen molar-refractivity contribution in [2.45, 2.75) is 16.7 Å². The van der Waals surface area contributed by atoms with E-state index in [1.165, 1.54) is 0 Å². The first-order valence-corrected chi connectivity index (χ1v) is 7.99. The standard InChI is InChI=1S/C15H14INO2S/c1-2-19-15(18)10-3-5-11(6-4-10)20-12-7-8-14(17)13(16)9-12/h3-9H,2,17H2,1H3. The number of nitrogens with two attached hydrogens (primary N) is 1. The van der Waals surface area contributed by atoms with Gasteiger partial charge in [0, 0.05) is 19.0 Å². The van der Waals surface area contributed by atoms with Crippen molar-refractivity contribution < 1.29 is 9.53 Å². The minimum atomic E-state index is -0.286. The van der Waals surface area contributed by atoms with Gasteiger partial charge in [-0.1, -0.05) is 11.8 Å². The van der Waals surface area contributed by atoms with Gasteiger partial charge < -0.3 is 10.5 Å². The zero-order valence-electron chi connectivity index (χ0n) is 10.9. The lowest BCUT2D eigenvalue weighted by atomic mass is 10.2. The number of carbonyl (C=O) groups excluding carboxylic acids is 1. The molecule has 0 saturated carbocycles. The van der Waals surface area contributed by atoms with Crippen molar-refractivity contribution in [1.82, 2.24) is 0 Å². The molecule has 104 valence electrons. The second-order valence-electron chi connectivity index (χ2n) is 4.03. The predicted octanol–water partition coefficient (Wildman–Crippen LogP) is 4.20. The monoisotopic (exact) mass is 399 g/mol. The molecule has 0 amide bonds. The molecular formula is C15H14INO2S. The molecule has 0 atom stereocenters. The number of nitrogen functional groups attached to an aromatic ring is 1. The van der Waals surface area contributed by atoms with E-state index in [4.69, 9.17) is 10.5 Å². The quantitative estimate of drug-likeness (QED) is 0.476. The Balaban J connectivity index is 2.10. The number of esters is 1. The van der Waals surface area contributed by atoms with Crippen LogP contribution >= 0.6 is 34.4 Å². The van der Waals surface area contributed by atoms with Crippen molar-refractivity contribution in [3.8, 4) is 0 Å². The van der Waals surface area contributed by atoms with Gasteiger partial charge in [-0.25, -0.2) is 4.79 Å². The minimum Gasteiger partial charge on any atom is -0.462 e. The van der Waals surface area contributed by atoms with Crippen LogP contribution in [-0.4, -0.2) is 12.6 Å². The van der Waals surface area contributed by atoms with Gasteiger partial charge in [-0.2, -0.15) is 0 Å². The number of ether oxygens (including phenoxy) is 1. The van der Waals surface area contributed by atoms with Gasteiger partial charge in [0.2, 0.25) is 0 Å². The molecule has 0 radical (unpaired) electrons. The molecule has 0 bridgehead atoms. The van der Waals surface area contributed by atoms with E-state index in [9.17, 15) is 4.79 Å². The average molecular weight is 399 g/mol. The number of benzene rings is 2. The van der Waals surface area contributed by atoms with Crippen molar-refractivity contribution in [3.63, 3.8) is 0 Å². The second-order valence-corrected chi connectivity index (χ2v) is 6.34. The topological polar surface area (TPSA) is 52.3 Å². The molecule has 0 aliphatic carbocycles. The fraction of sp³-hybridized carbons (Fsp3) is 0.133. The van der Waals surface area contributed by atoms with E-state index in [1.807, 2.05) is 30.3 Å². The van der Waals surface area contributed by atoms with Gasteiger partial charge >= 0.3 is 5.97 Å². The van der Waals surface area contributed by atoms with Crippen molar-refractivity contribution in [3.05, 3.63) is 51.6 Å². The molecule has 2 rings (SSSR count). The summed E-state index contributed by atoms with van der Waals surface area (Å²) in [5.41, 5.74) is 7.15. The highest BCUT2D eigenvalue weighted by atomic mass is 127. The SMILES string of the molecule is CCOC(=O)c1ccc(Sc2ccc(N)c(I)c2)cc1. The van der Waals surface area contributed by atoms with Gasteiger partial charge in [0.05, 0.1) is 12.2 Å². The van der Waals surface area contributed by atoms with E-state index in [-0.39, 0.29) is 5.97 Å². The van der Waals surface area contributed by atoms with Crippen LogP contribution in [0.1, 0.15) is 17.3 Å². The van der Waals surface area contributed by atoms with Crippen molar-refractivity contribution in [2.24, 2.45) is 0 Å². The first-order valence-electron chi connectivity index (χ1n) is 6.10. The van der Waals surface area contributed by atoms with Crippen molar-refractivity contribution in [2.75, 3.05) is 12.3 Å². The first kappa shape index (κ1) is 15.2. The third kappa shape index (κ3) is 3.89. The molecule has 5 heteroatoms. The number of hydrogen-bond acceptors (Lipinski definition) is 4. The Bertz CT molecular complexity index is 614. The van der Waals surface area contributed by atoms with E-state index in [0.717, 1.165) is 19.0 Å². The fourth-order valence-corrected chi connectivity index (χ4v) is 3.16. The summed E-state index contributed by atoms with van der Waals surface area (Å²) in [7, 11) is 0. The van der Waals surface area contributed by atoms with Crippen LogP contribution in [-0.2, 0) is 4.74 Å². The lowest BCUT2D eigenvalue weighted by Crippen LogP contribution is -2.03. The Morgan fingerprint density at radius 1 is 1.20 bits per heavy atom. The Kier molecular flexibility index (Phi) is 5.31. The Morgan fingerprint density at radius 3 is 2.45 bits per heavy atom. The lowest BCUT2D eigenvalue weighted by Gasteiger charge is -2.05. The number of anilines is 1. The number of hydrogen-bond donors (Lipinski definition) is 1. The molecule has 3 nitrogen and oxygen atoms in total. The van der Waals surface area contributed by atoms with Gasteiger partial charge in [-0.05, 0) is 72.0 Å². The molecule has 0 fully saturated rings. The molecule has 0 aliphatic heterocycles. The average Bonchev–Trinajstić information content (AvgIpc) is 2.44. The molecule has 0 saturated heterocycles. The van der Waals surface area contributed by atoms with Crippen LogP contribution in [0.2, 0.25) is 0 Å². The van der Waals surface area contributed by atoms with Crippen LogP contribution in [0, 0.1) is 3.57 Å². The van der Waals surface area contributed by atoms with Crippen LogP contribution in [0.4, 0.5) is 5.69 Å². The van der Waals surface area contributed by atoms with Crippen LogP contribution in [0.25, 0.3) is 0 Å². The third-order valence-corrected chi connectivity index (χ3v) is 4.50. The van der Waals surface area contributed by atoms with Gasteiger partial charge in [0.1, 0.15) is 0 Å². The largest absolute Gasteiger partial charge is 0.462 e. The highest BCUT2D eigenvalue weighted by Gasteiger charge is 2.06. The second kappa shape index (κ2) is 6.99.